The predicted molar refractivity (Wildman–Crippen MR) is 91.2 cm³/mol. The van der Waals surface area contributed by atoms with Gasteiger partial charge in [-0.15, -0.1) is 0 Å². The number of fused-ring (bicyclic) bond motifs is 1. The van der Waals surface area contributed by atoms with E-state index in [4.69, 9.17) is 0 Å². The van der Waals surface area contributed by atoms with Gasteiger partial charge in [0, 0.05) is 26.6 Å². The van der Waals surface area contributed by atoms with Crippen LogP contribution in [0.5, 0.6) is 0 Å². The first kappa shape index (κ1) is 17.5. The molecule has 0 aromatic carbocycles. The molecule has 1 N–H and O–H groups in total. The summed E-state index contributed by atoms with van der Waals surface area (Å²) in [5.74, 6) is 0.0574. The molecule has 0 aliphatic heterocycles. The van der Waals surface area contributed by atoms with Crippen molar-refractivity contribution in [2.24, 2.45) is 12.5 Å². The Labute approximate surface area is 137 Å². The van der Waals surface area contributed by atoms with E-state index in [9.17, 15) is 4.79 Å². The Balaban J connectivity index is 1.89. The van der Waals surface area contributed by atoms with Crippen LogP contribution in [0.15, 0.2) is 6.20 Å². The van der Waals surface area contributed by atoms with Crippen LogP contribution in [0, 0.1) is 12.3 Å². The fourth-order valence-electron chi connectivity index (χ4n) is 3.03. The van der Waals surface area contributed by atoms with Crippen LogP contribution < -0.4 is 5.32 Å². The van der Waals surface area contributed by atoms with Gasteiger partial charge >= 0.3 is 0 Å². The number of hydrogen-bond donors (Lipinski definition) is 1. The standard InChI is InChI=1S/C16H28N6O/c1-12-15-13(21(6)19-12)9-18-22(15)8-7-14(23)17-10-16(2,3)11-20(4)5/h9H,7-8,10-11H2,1-6H3,(H,17,23). The molecule has 128 valence electrons. The molecule has 0 radical (unpaired) electrons. The number of rotatable bonds is 7. The lowest BCUT2D eigenvalue weighted by Gasteiger charge is -2.28. The molecule has 0 aliphatic rings. The average Bonchev–Trinajstić information content (AvgIpc) is 2.96. The van der Waals surface area contributed by atoms with Gasteiger partial charge in [-0.2, -0.15) is 10.2 Å². The molecule has 2 aromatic rings. The molecule has 0 saturated heterocycles. The first-order chi connectivity index (χ1) is 10.7. The molecule has 7 nitrogen and oxygen atoms in total. The van der Waals surface area contributed by atoms with Crippen LogP contribution in [0.2, 0.25) is 0 Å². The molecular weight excluding hydrogens is 292 g/mol. The number of carbonyl (C=O) groups is 1. The Morgan fingerprint density at radius 1 is 1.39 bits per heavy atom. The first-order valence-corrected chi connectivity index (χ1v) is 7.96. The predicted octanol–water partition coefficient (Wildman–Crippen LogP) is 1.17. The van der Waals surface area contributed by atoms with E-state index in [1.54, 1.807) is 6.20 Å². The Hall–Kier alpha value is -1.89. The SMILES string of the molecule is Cc1nn(C)c2cnn(CCC(=O)NCC(C)(C)CN(C)C)c12. The number of carbonyl (C=O) groups excluding carboxylic acids is 1. The molecule has 0 atom stereocenters. The second-order valence-corrected chi connectivity index (χ2v) is 7.24. The van der Waals surface area contributed by atoms with Gasteiger partial charge in [-0.05, 0) is 26.4 Å². The van der Waals surface area contributed by atoms with Gasteiger partial charge in [0.15, 0.2) is 0 Å². The molecule has 0 fully saturated rings. The van der Waals surface area contributed by atoms with Crippen LogP contribution in [0.3, 0.4) is 0 Å². The molecule has 2 heterocycles. The van der Waals surface area contributed by atoms with E-state index < -0.39 is 0 Å². The highest BCUT2D eigenvalue weighted by molar-refractivity contribution is 5.78. The smallest absolute Gasteiger partial charge is 0.221 e. The third-order valence-electron chi connectivity index (χ3n) is 3.87. The third-order valence-corrected chi connectivity index (χ3v) is 3.87. The van der Waals surface area contributed by atoms with E-state index in [-0.39, 0.29) is 11.3 Å². The number of amides is 1. The zero-order chi connectivity index (χ0) is 17.2. The van der Waals surface area contributed by atoms with Gasteiger partial charge in [-0.3, -0.25) is 14.2 Å². The summed E-state index contributed by atoms with van der Waals surface area (Å²) in [7, 11) is 5.99. The molecule has 0 spiro atoms. The molecule has 2 rings (SSSR count). The van der Waals surface area contributed by atoms with Crippen molar-refractivity contribution in [1.82, 2.24) is 29.8 Å². The lowest BCUT2D eigenvalue weighted by atomic mass is 9.93. The van der Waals surface area contributed by atoms with Crippen molar-refractivity contribution in [3.63, 3.8) is 0 Å². The molecule has 1 amide bonds. The Bertz CT molecular complexity index is 682. The van der Waals surface area contributed by atoms with Gasteiger partial charge in [-0.25, -0.2) is 0 Å². The molecule has 0 bridgehead atoms. The molecule has 0 saturated carbocycles. The number of nitrogens with zero attached hydrogens (tertiary/aromatic N) is 5. The van der Waals surface area contributed by atoms with Crippen LogP contribution >= 0.6 is 0 Å². The van der Waals surface area contributed by atoms with Crippen LogP contribution in [-0.4, -0.2) is 57.6 Å². The Kier molecular flexibility index (Phi) is 5.09. The monoisotopic (exact) mass is 320 g/mol. The van der Waals surface area contributed by atoms with Gasteiger partial charge in [0.05, 0.1) is 18.4 Å². The summed E-state index contributed by atoms with van der Waals surface area (Å²) in [6.45, 7) is 8.44. The van der Waals surface area contributed by atoms with E-state index in [1.807, 2.05) is 37.4 Å². The topological polar surface area (TPSA) is 68.0 Å². The van der Waals surface area contributed by atoms with E-state index in [1.165, 1.54) is 0 Å². The normalized spacial score (nSPS) is 12.3. The lowest BCUT2D eigenvalue weighted by Crippen LogP contribution is -2.40. The fourth-order valence-corrected chi connectivity index (χ4v) is 3.03. The van der Waals surface area contributed by atoms with Crippen molar-refractivity contribution in [3.8, 4) is 0 Å². The van der Waals surface area contributed by atoms with Crippen molar-refractivity contribution < 1.29 is 4.79 Å². The van der Waals surface area contributed by atoms with Crippen LogP contribution in [0.1, 0.15) is 26.0 Å². The summed E-state index contributed by atoms with van der Waals surface area (Å²) < 4.78 is 3.68. The molecule has 2 aromatic heterocycles. The van der Waals surface area contributed by atoms with Crippen molar-refractivity contribution in [1.29, 1.82) is 0 Å². The maximum absolute atomic E-state index is 12.1. The lowest BCUT2D eigenvalue weighted by molar-refractivity contribution is -0.121. The number of hydrogen-bond acceptors (Lipinski definition) is 4. The van der Waals surface area contributed by atoms with E-state index in [2.05, 4.69) is 34.3 Å². The zero-order valence-corrected chi connectivity index (χ0v) is 15.1. The summed E-state index contributed by atoms with van der Waals surface area (Å²) in [6.07, 6.45) is 2.22. The summed E-state index contributed by atoms with van der Waals surface area (Å²) >= 11 is 0. The van der Waals surface area contributed by atoms with E-state index >= 15 is 0 Å². The summed E-state index contributed by atoms with van der Waals surface area (Å²) in [5, 5.41) is 11.8. The van der Waals surface area contributed by atoms with E-state index in [0.29, 0.717) is 19.5 Å². The molecule has 23 heavy (non-hydrogen) atoms. The van der Waals surface area contributed by atoms with E-state index in [0.717, 1.165) is 23.3 Å². The minimum atomic E-state index is 0.0536. The first-order valence-electron chi connectivity index (χ1n) is 7.96. The summed E-state index contributed by atoms with van der Waals surface area (Å²) in [6, 6.07) is 0. The maximum Gasteiger partial charge on any atom is 0.221 e. The highest BCUT2D eigenvalue weighted by Gasteiger charge is 2.20. The fraction of sp³-hybridized carbons (Fsp3) is 0.688. The summed E-state index contributed by atoms with van der Waals surface area (Å²) in [4.78, 5) is 14.2. The number of aryl methyl sites for hydroxylation is 3. The van der Waals surface area contributed by atoms with Crippen LogP contribution in [-0.2, 0) is 18.4 Å². The second kappa shape index (κ2) is 6.70. The highest BCUT2D eigenvalue weighted by Crippen LogP contribution is 2.17. The Morgan fingerprint density at radius 2 is 2.09 bits per heavy atom. The number of aromatic nitrogens is 4. The van der Waals surface area contributed by atoms with Crippen molar-refractivity contribution in [2.75, 3.05) is 27.2 Å². The zero-order valence-electron chi connectivity index (χ0n) is 15.1. The van der Waals surface area contributed by atoms with Gasteiger partial charge in [-0.1, -0.05) is 13.8 Å². The molecular formula is C16H28N6O. The molecule has 0 aliphatic carbocycles. The average molecular weight is 320 g/mol. The van der Waals surface area contributed by atoms with Gasteiger partial charge in [0.1, 0.15) is 11.0 Å². The third kappa shape index (κ3) is 4.31. The largest absolute Gasteiger partial charge is 0.355 e. The Morgan fingerprint density at radius 3 is 2.74 bits per heavy atom. The van der Waals surface area contributed by atoms with Crippen molar-refractivity contribution in [2.45, 2.75) is 33.7 Å². The van der Waals surface area contributed by atoms with Gasteiger partial charge < -0.3 is 10.2 Å². The van der Waals surface area contributed by atoms with Gasteiger partial charge in [0.25, 0.3) is 0 Å². The highest BCUT2D eigenvalue weighted by atomic mass is 16.1. The van der Waals surface area contributed by atoms with Gasteiger partial charge in [0.2, 0.25) is 5.91 Å². The van der Waals surface area contributed by atoms with Crippen LogP contribution in [0.4, 0.5) is 0 Å². The summed E-state index contributed by atoms with van der Waals surface area (Å²) in [5.41, 5.74) is 2.99. The molecule has 7 heteroatoms. The minimum absolute atomic E-state index is 0.0536. The quantitative estimate of drug-likeness (QED) is 0.831. The maximum atomic E-state index is 12.1. The van der Waals surface area contributed by atoms with Crippen molar-refractivity contribution in [3.05, 3.63) is 11.9 Å². The minimum Gasteiger partial charge on any atom is -0.355 e. The molecule has 0 unspecified atom stereocenters. The van der Waals surface area contributed by atoms with Crippen LogP contribution in [0.25, 0.3) is 11.0 Å². The number of nitrogens with one attached hydrogen (secondary N) is 1. The second-order valence-electron chi connectivity index (χ2n) is 7.24. The van der Waals surface area contributed by atoms with Crippen molar-refractivity contribution >= 4 is 16.9 Å².